The maximum absolute atomic E-state index is 12.9. The van der Waals surface area contributed by atoms with E-state index in [1.165, 1.54) is 0 Å². The van der Waals surface area contributed by atoms with Gasteiger partial charge in [0.1, 0.15) is 0 Å². The van der Waals surface area contributed by atoms with Gasteiger partial charge in [-0.05, 0) is 30.7 Å². The van der Waals surface area contributed by atoms with E-state index in [9.17, 15) is 4.79 Å². The number of ether oxygens (including phenoxy) is 1. The Morgan fingerprint density at radius 2 is 2.05 bits per heavy atom. The van der Waals surface area contributed by atoms with E-state index in [4.69, 9.17) is 4.74 Å². The van der Waals surface area contributed by atoms with Gasteiger partial charge >= 0.3 is 0 Å². The third-order valence-corrected chi connectivity index (χ3v) is 4.09. The molecule has 4 heteroatoms. The Balaban J connectivity index is 1.93. The lowest BCUT2D eigenvalue weighted by atomic mass is 10.0. The van der Waals surface area contributed by atoms with Gasteiger partial charge < -0.3 is 14.2 Å². The van der Waals surface area contributed by atoms with Gasteiger partial charge in [0.25, 0.3) is 5.91 Å². The zero-order valence-electron chi connectivity index (χ0n) is 12.5. The van der Waals surface area contributed by atoms with E-state index in [2.05, 4.69) is 10.6 Å². The second-order valence-corrected chi connectivity index (χ2v) is 5.45. The van der Waals surface area contributed by atoms with Crippen LogP contribution in [0.3, 0.4) is 0 Å². The van der Waals surface area contributed by atoms with Crippen LogP contribution in [0, 0.1) is 6.92 Å². The molecule has 4 nitrogen and oxygen atoms in total. The normalized spacial score (nSPS) is 18.8. The summed E-state index contributed by atoms with van der Waals surface area (Å²) in [5.74, 6) is 0.0857. The third kappa shape index (κ3) is 2.59. The number of hydrogen-bond acceptors (Lipinski definition) is 2. The first-order valence-corrected chi connectivity index (χ1v) is 7.24. The summed E-state index contributed by atoms with van der Waals surface area (Å²) >= 11 is 0. The molecule has 0 radical (unpaired) electrons. The molecule has 1 unspecified atom stereocenters. The summed E-state index contributed by atoms with van der Waals surface area (Å²) in [6.45, 7) is 3.75. The minimum absolute atomic E-state index is 0.0224. The molecule has 3 rings (SSSR count). The number of carbonyl (C=O) groups is 1. The summed E-state index contributed by atoms with van der Waals surface area (Å²) < 4.78 is 7.65. The van der Waals surface area contributed by atoms with Crippen molar-refractivity contribution in [3.05, 3.63) is 59.4 Å². The van der Waals surface area contributed by atoms with Crippen molar-refractivity contribution in [3.8, 4) is 0 Å². The fourth-order valence-electron chi connectivity index (χ4n) is 2.88. The van der Waals surface area contributed by atoms with Gasteiger partial charge in [-0.15, -0.1) is 0 Å². The fraction of sp³-hybridized carbons (Fsp3) is 0.353. The molecule has 2 aromatic rings. The van der Waals surface area contributed by atoms with Gasteiger partial charge in [0.2, 0.25) is 0 Å². The minimum atomic E-state index is -0.0224. The van der Waals surface area contributed by atoms with Crippen molar-refractivity contribution in [1.29, 1.82) is 0 Å². The van der Waals surface area contributed by atoms with Crippen molar-refractivity contribution < 1.29 is 9.53 Å². The van der Waals surface area contributed by atoms with Crippen LogP contribution in [0.25, 0.3) is 0 Å². The van der Waals surface area contributed by atoms with Crippen LogP contribution in [0.5, 0.6) is 0 Å². The number of benzene rings is 1. The summed E-state index contributed by atoms with van der Waals surface area (Å²) in [5, 5.41) is 0. The van der Waals surface area contributed by atoms with E-state index < -0.39 is 0 Å². The summed E-state index contributed by atoms with van der Waals surface area (Å²) in [7, 11) is 2.00. The molecule has 1 saturated heterocycles. The molecule has 1 aliphatic rings. The highest BCUT2D eigenvalue weighted by Gasteiger charge is 2.31. The highest BCUT2D eigenvalue weighted by atomic mass is 16.5. The van der Waals surface area contributed by atoms with Crippen LogP contribution in [0.2, 0.25) is 0 Å². The maximum atomic E-state index is 12.9. The van der Waals surface area contributed by atoms with Gasteiger partial charge in [-0.25, -0.2) is 0 Å². The van der Waals surface area contributed by atoms with Gasteiger partial charge in [-0.2, -0.15) is 0 Å². The molecule has 2 heterocycles. The van der Waals surface area contributed by atoms with Crippen molar-refractivity contribution >= 4 is 5.91 Å². The predicted molar refractivity (Wildman–Crippen MR) is 81.2 cm³/mol. The quantitative estimate of drug-likeness (QED) is 0.849. The summed E-state index contributed by atoms with van der Waals surface area (Å²) in [4.78, 5) is 14.8. The number of nitrogens with zero attached hydrogens (tertiary/aromatic N) is 2. The predicted octanol–water partition coefficient (Wildman–Crippen LogP) is 2.55. The Morgan fingerprint density at radius 1 is 1.24 bits per heavy atom. The van der Waals surface area contributed by atoms with Crippen LogP contribution in [0.4, 0.5) is 0 Å². The Morgan fingerprint density at radius 3 is 2.76 bits per heavy atom. The van der Waals surface area contributed by atoms with Crippen molar-refractivity contribution in [2.24, 2.45) is 7.05 Å². The minimum Gasteiger partial charge on any atom is -0.377 e. The molecule has 1 aromatic carbocycles. The molecule has 0 spiro atoms. The van der Waals surface area contributed by atoms with Crippen molar-refractivity contribution in [3.63, 3.8) is 0 Å². The molecule has 21 heavy (non-hydrogen) atoms. The van der Waals surface area contributed by atoms with Crippen LogP contribution < -0.4 is 0 Å². The number of morpholine rings is 1. The zero-order valence-corrected chi connectivity index (χ0v) is 12.5. The fourth-order valence-corrected chi connectivity index (χ4v) is 2.88. The Bertz CT molecular complexity index is 648. The Hall–Kier alpha value is -2.07. The molecule has 0 saturated carbocycles. The van der Waals surface area contributed by atoms with Gasteiger partial charge in [-0.3, -0.25) is 4.79 Å². The van der Waals surface area contributed by atoms with Crippen molar-refractivity contribution in [2.75, 3.05) is 19.8 Å². The molecule has 1 amide bonds. The average molecular weight is 284 g/mol. The van der Waals surface area contributed by atoms with E-state index >= 15 is 0 Å². The summed E-state index contributed by atoms with van der Waals surface area (Å²) in [6.07, 6.45) is 2.00. The smallest absolute Gasteiger partial charge is 0.254 e. The SMILES string of the molecule is Cc1ccccc1C(=O)N1CCOCC1c1cccn1C. The Labute approximate surface area is 124 Å². The first-order chi connectivity index (χ1) is 10.2. The molecule has 0 N–H and O–H groups in total. The van der Waals surface area contributed by atoms with Gasteiger partial charge in [0.05, 0.1) is 19.3 Å². The second-order valence-electron chi connectivity index (χ2n) is 5.45. The van der Waals surface area contributed by atoms with E-state index in [0.29, 0.717) is 19.8 Å². The topological polar surface area (TPSA) is 34.5 Å². The largest absolute Gasteiger partial charge is 0.377 e. The van der Waals surface area contributed by atoms with Crippen LogP contribution in [-0.4, -0.2) is 35.1 Å². The monoisotopic (exact) mass is 284 g/mol. The van der Waals surface area contributed by atoms with E-state index in [-0.39, 0.29) is 11.9 Å². The first-order valence-electron chi connectivity index (χ1n) is 7.24. The molecule has 1 fully saturated rings. The van der Waals surface area contributed by atoms with E-state index in [0.717, 1.165) is 16.8 Å². The molecule has 110 valence electrons. The van der Waals surface area contributed by atoms with Crippen LogP contribution in [0.1, 0.15) is 27.7 Å². The van der Waals surface area contributed by atoms with Crippen LogP contribution >= 0.6 is 0 Å². The number of hydrogen-bond donors (Lipinski definition) is 0. The molecular formula is C17H20N2O2. The number of amides is 1. The van der Waals surface area contributed by atoms with E-state index in [1.807, 2.05) is 55.4 Å². The van der Waals surface area contributed by atoms with Crippen molar-refractivity contribution in [2.45, 2.75) is 13.0 Å². The number of aromatic nitrogens is 1. The highest BCUT2D eigenvalue weighted by Crippen LogP contribution is 2.26. The third-order valence-electron chi connectivity index (χ3n) is 4.09. The highest BCUT2D eigenvalue weighted by molar-refractivity contribution is 5.96. The first kappa shape index (κ1) is 13.9. The number of aryl methyl sites for hydroxylation is 2. The lowest BCUT2D eigenvalue weighted by Gasteiger charge is -2.36. The molecular weight excluding hydrogens is 264 g/mol. The number of rotatable bonds is 2. The zero-order chi connectivity index (χ0) is 14.8. The van der Waals surface area contributed by atoms with Crippen LogP contribution in [0.15, 0.2) is 42.6 Å². The maximum Gasteiger partial charge on any atom is 0.254 e. The van der Waals surface area contributed by atoms with Gasteiger partial charge in [0.15, 0.2) is 0 Å². The van der Waals surface area contributed by atoms with Gasteiger partial charge in [0, 0.05) is 31.0 Å². The molecule has 0 aliphatic carbocycles. The standard InChI is InChI=1S/C17H20N2O2/c1-13-6-3-4-7-14(13)17(20)19-10-11-21-12-16(19)15-8-5-9-18(15)2/h3-9,16H,10-12H2,1-2H3. The summed E-state index contributed by atoms with van der Waals surface area (Å²) in [5.41, 5.74) is 2.90. The van der Waals surface area contributed by atoms with Crippen LogP contribution in [-0.2, 0) is 11.8 Å². The molecule has 1 aromatic heterocycles. The lowest BCUT2D eigenvalue weighted by molar-refractivity contribution is -0.00467. The van der Waals surface area contributed by atoms with E-state index in [1.54, 1.807) is 0 Å². The molecule has 0 bridgehead atoms. The lowest BCUT2D eigenvalue weighted by Crippen LogP contribution is -2.44. The summed E-state index contributed by atoms with van der Waals surface area (Å²) in [6, 6.07) is 11.8. The van der Waals surface area contributed by atoms with Crippen molar-refractivity contribution in [1.82, 2.24) is 9.47 Å². The Kier molecular flexibility index (Phi) is 3.80. The van der Waals surface area contributed by atoms with Gasteiger partial charge in [-0.1, -0.05) is 18.2 Å². The molecule has 1 atom stereocenters. The second kappa shape index (κ2) is 5.74. The molecule has 1 aliphatic heterocycles. The number of carbonyl (C=O) groups excluding carboxylic acids is 1. The average Bonchev–Trinajstić information content (AvgIpc) is 2.93.